The van der Waals surface area contributed by atoms with E-state index in [0.29, 0.717) is 25.6 Å². The van der Waals surface area contributed by atoms with E-state index in [4.69, 9.17) is 0 Å². The van der Waals surface area contributed by atoms with Gasteiger partial charge in [-0.15, -0.1) is 11.3 Å². The minimum Gasteiger partial charge on any atom is -0.294 e. The van der Waals surface area contributed by atoms with Crippen LogP contribution in [-0.4, -0.2) is 10.8 Å². The molecule has 0 fully saturated rings. The predicted molar refractivity (Wildman–Crippen MR) is 69.9 cm³/mol. The number of aromatic nitrogens is 1. The Morgan fingerprint density at radius 2 is 2.18 bits per heavy atom. The Balaban J connectivity index is 2.62. The molecular formula is C12H9BrFNOS. The summed E-state index contributed by atoms with van der Waals surface area (Å²) in [6.45, 7) is 3.24. The first kappa shape index (κ1) is 12.4. The van der Waals surface area contributed by atoms with Gasteiger partial charge in [-0.25, -0.2) is 9.37 Å². The highest BCUT2D eigenvalue weighted by Crippen LogP contribution is 2.35. The van der Waals surface area contributed by atoms with E-state index in [2.05, 4.69) is 20.9 Å². The number of carbonyl (C=O) groups excluding carboxylic acids is 1. The zero-order valence-corrected chi connectivity index (χ0v) is 11.7. The summed E-state index contributed by atoms with van der Waals surface area (Å²) in [6, 6.07) is 4.75. The lowest BCUT2D eigenvalue weighted by Crippen LogP contribution is -1.89. The lowest BCUT2D eigenvalue weighted by Gasteiger charge is -2.01. The number of thiazole rings is 1. The van der Waals surface area contributed by atoms with E-state index in [1.54, 1.807) is 19.1 Å². The maximum Gasteiger partial charge on any atom is 0.171 e. The van der Waals surface area contributed by atoms with Gasteiger partial charge in [0.15, 0.2) is 5.78 Å². The summed E-state index contributed by atoms with van der Waals surface area (Å²) in [7, 11) is 0. The van der Waals surface area contributed by atoms with Crippen molar-refractivity contribution >= 4 is 33.0 Å². The number of aryl methyl sites for hydroxylation is 1. The van der Waals surface area contributed by atoms with Crippen LogP contribution in [0.1, 0.15) is 22.3 Å². The molecule has 2 aromatic rings. The van der Waals surface area contributed by atoms with E-state index in [1.807, 2.05) is 0 Å². The molecule has 2 rings (SSSR count). The van der Waals surface area contributed by atoms with Crippen LogP contribution < -0.4 is 0 Å². The van der Waals surface area contributed by atoms with Crippen molar-refractivity contribution < 1.29 is 9.18 Å². The molecule has 0 spiro atoms. The van der Waals surface area contributed by atoms with Crippen molar-refractivity contribution in [2.45, 2.75) is 13.8 Å². The third kappa shape index (κ3) is 2.30. The molecule has 0 unspecified atom stereocenters. The normalized spacial score (nSPS) is 10.6. The first-order valence-corrected chi connectivity index (χ1v) is 6.54. The molecule has 1 aromatic heterocycles. The van der Waals surface area contributed by atoms with Crippen molar-refractivity contribution in [3.63, 3.8) is 0 Å². The van der Waals surface area contributed by atoms with Crippen molar-refractivity contribution in [3.05, 3.63) is 39.1 Å². The molecule has 0 aliphatic carbocycles. The second kappa shape index (κ2) is 4.66. The number of halogens is 2. The number of rotatable bonds is 2. The SMILES string of the molecule is CC(=O)c1sc(-c2c(F)cccc2Br)nc1C. The van der Waals surface area contributed by atoms with Crippen LogP contribution in [-0.2, 0) is 0 Å². The van der Waals surface area contributed by atoms with Crippen LogP contribution in [0.25, 0.3) is 10.6 Å². The topological polar surface area (TPSA) is 30.0 Å². The van der Waals surface area contributed by atoms with E-state index in [0.717, 1.165) is 0 Å². The number of carbonyl (C=O) groups is 1. The molecule has 1 aromatic carbocycles. The molecule has 0 atom stereocenters. The van der Waals surface area contributed by atoms with Crippen LogP contribution in [0, 0.1) is 12.7 Å². The van der Waals surface area contributed by atoms with Crippen molar-refractivity contribution in [2.75, 3.05) is 0 Å². The highest BCUT2D eigenvalue weighted by atomic mass is 79.9. The molecule has 0 N–H and O–H groups in total. The van der Waals surface area contributed by atoms with E-state index in [9.17, 15) is 9.18 Å². The van der Waals surface area contributed by atoms with Crippen LogP contribution in [0.4, 0.5) is 4.39 Å². The van der Waals surface area contributed by atoms with E-state index < -0.39 is 0 Å². The summed E-state index contributed by atoms with van der Waals surface area (Å²) >= 11 is 4.51. The third-order valence-electron chi connectivity index (χ3n) is 2.29. The monoisotopic (exact) mass is 313 g/mol. The highest BCUT2D eigenvalue weighted by Gasteiger charge is 2.17. The molecule has 5 heteroatoms. The Kier molecular flexibility index (Phi) is 3.40. The third-order valence-corrected chi connectivity index (χ3v) is 4.23. The van der Waals surface area contributed by atoms with Gasteiger partial charge in [-0.05, 0) is 35.0 Å². The van der Waals surface area contributed by atoms with Gasteiger partial charge in [-0.1, -0.05) is 6.07 Å². The minimum atomic E-state index is -0.344. The minimum absolute atomic E-state index is 0.0429. The Morgan fingerprint density at radius 1 is 1.47 bits per heavy atom. The van der Waals surface area contributed by atoms with E-state index >= 15 is 0 Å². The molecule has 2 nitrogen and oxygen atoms in total. The largest absolute Gasteiger partial charge is 0.294 e. The van der Waals surface area contributed by atoms with Gasteiger partial charge in [0.25, 0.3) is 0 Å². The van der Waals surface area contributed by atoms with Gasteiger partial charge >= 0.3 is 0 Å². The molecule has 0 saturated heterocycles. The van der Waals surface area contributed by atoms with Crippen molar-refractivity contribution in [2.24, 2.45) is 0 Å². The zero-order chi connectivity index (χ0) is 12.6. The van der Waals surface area contributed by atoms with E-state index in [-0.39, 0.29) is 11.6 Å². The number of hydrogen-bond acceptors (Lipinski definition) is 3. The fraction of sp³-hybridized carbons (Fsp3) is 0.167. The van der Waals surface area contributed by atoms with Crippen LogP contribution in [0.15, 0.2) is 22.7 Å². The van der Waals surface area contributed by atoms with Gasteiger partial charge in [0.05, 0.1) is 16.1 Å². The molecule has 0 bridgehead atoms. The Morgan fingerprint density at radius 3 is 2.71 bits per heavy atom. The molecule has 0 saturated carbocycles. The van der Waals surface area contributed by atoms with Crippen LogP contribution in [0.2, 0.25) is 0 Å². The first-order valence-electron chi connectivity index (χ1n) is 4.93. The van der Waals surface area contributed by atoms with Crippen molar-refractivity contribution in [1.29, 1.82) is 0 Å². The molecule has 0 aliphatic rings. The second-order valence-electron chi connectivity index (χ2n) is 3.59. The molecule has 0 amide bonds. The molecule has 1 heterocycles. The Bertz CT molecular complexity index is 574. The summed E-state index contributed by atoms with van der Waals surface area (Å²) in [5.74, 6) is -0.387. The van der Waals surface area contributed by atoms with Crippen LogP contribution in [0.3, 0.4) is 0 Å². The molecule has 0 radical (unpaired) electrons. The summed E-state index contributed by atoms with van der Waals surface area (Å²) in [6.07, 6.45) is 0. The average Bonchev–Trinajstić information content (AvgIpc) is 2.60. The molecule has 0 aliphatic heterocycles. The number of Topliss-reactive ketones (excluding diaryl/α,β-unsaturated/α-hetero) is 1. The zero-order valence-electron chi connectivity index (χ0n) is 9.25. The fourth-order valence-corrected chi connectivity index (χ4v) is 3.22. The van der Waals surface area contributed by atoms with Gasteiger partial charge in [0.1, 0.15) is 10.8 Å². The van der Waals surface area contributed by atoms with Crippen LogP contribution >= 0.6 is 27.3 Å². The fourth-order valence-electron chi connectivity index (χ4n) is 1.53. The van der Waals surface area contributed by atoms with Crippen molar-refractivity contribution in [3.8, 4) is 10.6 Å². The summed E-state index contributed by atoms with van der Waals surface area (Å²) in [5, 5.41) is 0.526. The lowest BCUT2D eigenvalue weighted by atomic mass is 10.2. The second-order valence-corrected chi connectivity index (χ2v) is 5.44. The van der Waals surface area contributed by atoms with Gasteiger partial charge in [-0.2, -0.15) is 0 Å². The van der Waals surface area contributed by atoms with Crippen molar-refractivity contribution in [1.82, 2.24) is 4.98 Å². The smallest absolute Gasteiger partial charge is 0.171 e. The first-order chi connectivity index (χ1) is 8.00. The van der Waals surface area contributed by atoms with Gasteiger partial charge < -0.3 is 0 Å². The quantitative estimate of drug-likeness (QED) is 0.777. The number of nitrogens with zero attached hydrogens (tertiary/aromatic N) is 1. The summed E-state index contributed by atoms with van der Waals surface area (Å²) in [5.41, 5.74) is 1.06. The number of ketones is 1. The van der Waals surface area contributed by atoms with Crippen LogP contribution in [0.5, 0.6) is 0 Å². The van der Waals surface area contributed by atoms with Gasteiger partial charge in [0.2, 0.25) is 0 Å². The molecular weight excluding hydrogens is 305 g/mol. The highest BCUT2D eigenvalue weighted by molar-refractivity contribution is 9.10. The molecule has 88 valence electrons. The predicted octanol–water partition coefficient (Wildman–Crippen LogP) is 4.22. The Labute approximate surface area is 111 Å². The molecule has 17 heavy (non-hydrogen) atoms. The summed E-state index contributed by atoms with van der Waals surface area (Å²) in [4.78, 5) is 16.2. The number of benzene rings is 1. The van der Waals surface area contributed by atoms with E-state index in [1.165, 1.54) is 24.3 Å². The Hall–Kier alpha value is -1.07. The van der Waals surface area contributed by atoms with Gasteiger partial charge in [0, 0.05) is 11.4 Å². The average molecular weight is 314 g/mol. The van der Waals surface area contributed by atoms with Gasteiger partial charge in [-0.3, -0.25) is 4.79 Å². The summed E-state index contributed by atoms with van der Waals surface area (Å²) < 4.78 is 14.4. The maximum atomic E-state index is 13.7. The number of hydrogen-bond donors (Lipinski definition) is 0. The standard InChI is InChI=1S/C12H9BrFNOS/c1-6-11(7(2)16)17-12(15-6)10-8(13)4-3-5-9(10)14/h3-5H,1-2H3. The maximum absolute atomic E-state index is 13.7. The lowest BCUT2D eigenvalue weighted by molar-refractivity contribution is 0.102.